The lowest BCUT2D eigenvalue weighted by atomic mass is 9.79. The summed E-state index contributed by atoms with van der Waals surface area (Å²) in [6.45, 7) is 9.60. The molecule has 0 saturated carbocycles. The molecule has 1 fully saturated rings. The summed E-state index contributed by atoms with van der Waals surface area (Å²) >= 11 is 0. The van der Waals surface area contributed by atoms with E-state index in [1.54, 1.807) is 48.2 Å². The number of piperidine rings is 1. The summed E-state index contributed by atoms with van der Waals surface area (Å²) in [5, 5.41) is 0. The normalized spacial score (nSPS) is 17.2. The molecule has 2 unspecified atom stereocenters. The van der Waals surface area contributed by atoms with Crippen LogP contribution in [-0.2, 0) is 25.7 Å². The number of rotatable bonds is 13. The molecule has 3 amide bonds. The molecule has 0 aromatic heterocycles. The van der Waals surface area contributed by atoms with Gasteiger partial charge >= 0.3 is 6.09 Å². The van der Waals surface area contributed by atoms with E-state index in [2.05, 4.69) is 0 Å². The van der Waals surface area contributed by atoms with Gasteiger partial charge in [0.1, 0.15) is 35.2 Å². The minimum absolute atomic E-state index is 0.0451. The Bertz CT molecular complexity index is 1700. The summed E-state index contributed by atoms with van der Waals surface area (Å²) in [5.74, 6) is 1.48. The third-order valence-corrected chi connectivity index (χ3v) is 9.19. The molecule has 0 aliphatic carbocycles. The summed E-state index contributed by atoms with van der Waals surface area (Å²) in [4.78, 5) is 46.0. The lowest BCUT2D eigenvalue weighted by Gasteiger charge is -2.40. The van der Waals surface area contributed by atoms with Gasteiger partial charge < -0.3 is 43.1 Å². The Morgan fingerprint density at radius 1 is 0.962 bits per heavy atom. The quantitative estimate of drug-likeness (QED) is 0.184. The van der Waals surface area contributed by atoms with Crippen molar-refractivity contribution in [3.05, 3.63) is 71.8 Å². The predicted molar refractivity (Wildman–Crippen MR) is 198 cm³/mol. The van der Waals surface area contributed by atoms with E-state index in [1.807, 2.05) is 76.2 Å². The van der Waals surface area contributed by atoms with E-state index >= 15 is 0 Å². The average molecular weight is 718 g/mol. The van der Waals surface area contributed by atoms with Gasteiger partial charge in [-0.25, -0.2) is 4.79 Å². The maximum absolute atomic E-state index is 14.8. The van der Waals surface area contributed by atoms with Crippen molar-refractivity contribution in [2.45, 2.75) is 58.7 Å². The highest BCUT2D eigenvalue weighted by molar-refractivity contribution is 6.01. The molecule has 52 heavy (non-hydrogen) atoms. The standard InChI is InChI=1S/C40H51N3O9/c1-8-42(29-13-14-36-35(22-29)43(16-10-18-47-5)37(44)26-51-36)38(45)34-24-41(39(46)52-40(2,3)4)17-15-33(34)28-11-9-12-30(21-28)50-25-27-19-31(48-6)23-32(20-27)49-7/h9,11-14,19-23,33-34H,8,10,15-18,24-26H2,1-7H3. The van der Waals surface area contributed by atoms with Crippen molar-refractivity contribution < 1.29 is 42.8 Å². The van der Waals surface area contributed by atoms with Crippen LogP contribution in [0.4, 0.5) is 16.2 Å². The van der Waals surface area contributed by atoms with E-state index in [-0.39, 0.29) is 37.5 Å². The molecule has 0 spiro atoms. The first kappa shape index (κ1) is 38.3. The fourth-order valence-electron chi connectivity index (χ4n) is 6.68. The first-order valence-electron chi connectivity index (χ1n) is 17.7. The van der Waals surface area contributed by atoms with Gasteiger partial charge in [-0.1, -0.05) is 12.1 Å². The molecule has 3 aromatic carbocycles. The zero-order valence-corrected chi connectivity index (χ0v) is 31.3. The van der Waals surface area contributed by atoms with Crippen LogP contribution in [0.2, 0.25) is 0 Å². The van der Waals surface area contributed by atoms with E-state index in [4.69, 9.17) is 28.4 Å². The van der Waals surface area contributed by atoms with Crippen LogP contribution in [-0.4, -0.2) is 89.1 Å². The summed E-state index contributed by atoms with van der Waals surface area (Å²) < 4.78 is 33.8. The number of amides is 3. The van der Waals surface area contributed by atoms with Crippen molar-refractivity contribution in [3.63, 3.8) is 0 Å². The van der Waals surface area contributed by atoms with Gasteiger partial charge in [-0.2, -0.15) is 0 Å². The summed E-state index contributed by atoms with van der Waals surface area (Å²) in [6, 6.07) is 18.9. The van der Waals surface area contributed by atoms with Gasteiger partial charge in [0.05, 0.1) is 25.8 Å². The molecule has 3 aromatic rings. The van der Waals surface area contributed by atoms with E-state index in [0.717, 1.165) is 11.1 Å². The van der Waals surface area contributed by atoms with Crippen LogP contribution in [0.1, 0.15) is 57.6 Å². The molecule has 280 valence electrons. The van der Waals surface area contributed by atoms with E-state index < -0.39 is 17.6 Å². The number of benzene rings is 3. The Morgan fingerprint density at radius 2 is 1.71 bits per heavy atom. The molecule has 0 radical (unpaired) electrons. The largest absolute Gasteiger partial charge is 0.497 e. The number of anilines is 2. The van der Waals surface area contributed by atoms with Gasteiger partial charge in [0.25, 0.3) is 5.91 Å². The second kappa shape index (κ2) is 17.0. The van der Waals surface area contributed by atoms with Crippen molar-refractivity contribution in [1.82, 2.24) is 4.90 Å². The number of ether oxygens (including phenoxy) is 6. The SMILES string of the molecule is CCN(C(=O)C1CN(C(=O)OC(C)(C)C)CCC1c1cccc(OCc2cc(OC)cc(OC)c2)c1)c1ccc2c(c1)N(CCCOC)C(=O)CO2. The molecular weight excluding hydrogens is 666 g/mol. The number of carbonyl (C=O) groups is 3. The lowest BCUT2D eigenvalue weighted by molar-refractivity contribution is -0.124. The van der Waals surface area contributed by atoms with Crippen LogP contribution in [0, 0.1) is 5.92 Å². The van der Waals surface area contributed by atoms with Crippen LogP contribution in [0.3, 0.4) is 0 Å². The summed E-state index contributed by atoms with van der Waals surface area (Å²) in [6.07, 6.45) is 0.751. The number of carbonyl (C=O) groups excluding carboxylic acids is 3. The number of likely N-dealkylation sites (tertiary alicyclic amines) is 1. The molecule has 2 atom stereocenters. The molecule has 1 saturated heterocycles. The average Bonchev–Trinajstić information content (AvgIpc) is 3.14. The highest BCUT2D eigenvalue weighted by atomic mass is 16.6. The number of hydrogen-bond donors (Lipinski definition) is 0. The number of hydrogen-bond acceptors (Lipinski definition) is 9. The fraction of sp³-hybridized carbons (Fsp3) is 0.475. The first-order valence-corrected chi connectivity index (χ1v) is 17.7. The Labute approximate surface area is 306 Å². The summed E-state index contributed by atoms with van der Waals surface area (Å²) in [7, 11) is 4.84. The third-order valence-electron chi connectivity index (χ3n) is 9.19. The highest BCUT2D eigenvalue weighted by Crippen LogP contribution is 2.40. The highest BCUT2D eigenvalue weighted by Gasteiger charge is 2.40. The van der Waals surface area contributed by atoms with Crippen LogP contribution < -0.4 is 28.7 Å². The van der Waals surface area contributed by atoms with Crippen molar-refractivity contribution in [2.24, 2.45) is 5.92 Å². The number of nitrogens with zero attached hydrogens (tertiary/aromatic N) is 3. The smallest absolute Gasteiger partial charge is 0.410 e. The van der Waals surface area contributed by atoms with Gasteiger partial charge in [-0.3, -0.25) is 9.59 Å². The number of methoxy groups -OCH3 is 3. The molecule has 2 aliphatic heterocycles. The second-order valence-electron chi connectivity index (χ2n) is 13.9. The Kier molecular flexibility index (Phi) is 12.5. The van der Waals surface area contributed by atoms with Gasteiger partial charge in [0.15, 0.2) is 6.61 Å². The van der Waals surface area contributed by atoms with Crippen molar-refractivity contribution in [1.29, 1.82) is 0 Å². The molecule has 12 nitrogen and oxygen atoms in total. The minimum atomic E-state index is -0.681. The van der Waals surface area contributed by atoms with Gasteiger partial charge in [0, 0.05) is 51.6 Å². The maximum atomic E-state index is 14.8. The fourth-order valence-corrected chi connectivity index (χ4v) is 6.68. The molecular formula is C40H51N3O9. The van der Waals surface area contributed by atoms with E-state index in [1.165, 1.54) is 0 Å². The molecule has 0 N–H and O–H groups in total. The monoisotopic (exact) mass is 717 g/mol. The minimum Gasteiger partial charge on any atom is -0.497 e. The predicted octanol–water partition coefficient (Wildman–Crippen LogP) is 6.44. The van der Waals surface area contributed by atoms with E-state index in [9.17, 15) is 14.4 Å². The van der Waals surface area contributed by atoms with Gasteiger partial charge in [-0.15, -0.1) is 0 Å². The lowest BCUT2D eigenvalue weighted by Crippen LogP contribution is -2.51. The van der Waals surface area contributed by atoms with Gasteiger partial charge in [0.2, 0.25) is 5.91 Å². The Morgan fingerprint density at radius 3 is 2.38 bits per heavy atom. The van der Waals surface area contributed by atoms with E-state index in [0.29, 0.717) is 73.5 Å². The van der Waals surface area contributed by atoms with Crippen molar-refractivity contribution in [2.75, 3.05) is 70.5 Å². The van der Waals surface area contributed by atoms with Crippen LogP contribution in [0.25, 0.3) is 0 Å². The maximum Gasteiger partial charge on any atom is 0.410 e. The molecule has 0 bridgehead atoms. The van der Waals surface area contributed by atoms with Crippen LogP contribution in [0.15, 0.2) is 60.7 Å². The first-order chi connectivity index (χ1) is 24.9. The zero-order valence-electron chi connectivity index (χ0n) is 31.3. The molecule has 12 heteroatoms. The van der Waals surface area contributed by atoms with Crippen LogP contribution in [0.5, 0.6) is 23.0 Å². The third kappa shape index (κ3) is 9.27. The van der Waals surface area contributed by atoms with Crippen molar-refractivity contribution >= 4 is 29.3 Å². The summed E-state index contributed by atoms with van der Waals surface area (Å²) in [5.41, 5.74) is 2.39. The van der Waals surface area contributed by atoms with Gasteiger partial charge in [-0.05, 0) is 100 Å². The second-order valence-corrected chi connectivity index (χ2v) is 13.9. The topological polar surface area (TPSA) is 116 Å². The molecule has 2 heterocycles. The Balaban J connectivity index is 1.43. The molecule has 5 rings (SSSR count). The number of fused-ring (bicyclic) bond motifs is 1. The zero-order chi connectivity index (χ0) is 37.4. The van der Waals surface area contributed by atoms with Crippen molar-refractivity contribution in [3.8, 4) is 23.0 Å². The molecule has 2 aliphatic rings. The van der Waals surface area contributed by atoms with Crippen LogP contribution >= 0.6 is 0 Å². The Hall–Kier alpha value is -4.97.